The highest BCUT2D eigenvalue weighted by Crippen LogP contribution is 2.26. The Bertz CT molecular complexity index is 1130. The van der Waals surface area contributed by atoms with E-state index in [0.29, 0.717) is 10.8 Å². The summed E-state index contributed by atoms with van der Waals surface area (Å²) in [5, 5.41) is 6.95. The van der Waals surface area contributed by atoms with E-state index in [1.54, 1.807) is 19.4 Å². The van der Waals surface area contributed by atoms with E-state index in [4.69, 9.17) is 16.3 Å². The quantitative estimate of drug-likeness (QED) is 0.426. The van der Waals surface area contributed by atoms with Crippen LogP contribution in [0.25, 0.3) is 6.08 Å². The van der Waals surface area contributed by atoms with E-state index in [1.165, 1.54) is 6.08 Å². The van der Waals surface area contributed by atoms with Crippen molar-refractivity contribution in [2.24, 2.45) is 0 Å². The van der Waals surface area contributed by atoms with Gasteiger partial charge in [-0.05, 0) is 79.4 Å². The summed E-state index contributed by atoms with van der Waals surface area (Å²) in [6, 6.07) is 13.4. The van der Waals surface area contributed by atoms with Gasteiger partial charge in [-0.15, -0.1) is 0 Å². The van der Waals surface area contributed by atoms with Crippen molar-refractivity contribution in [3.63, 3.8) is 0 Å². The monoisotopic (exact) mass is 435 g/mol. The summed E-state index contributed by atoms with van der Waals surface area (Å²) in [5.41, 5.74) is 5.41. The second-order valence-corrected chi connectivity index (χ2v) is 7.65. The van der Waals surface area contributed by atoms with Crippen LogP contribution in [0.15, 0.2) is 54.7 Å². The number of benzene rings is 2. The molecule has 160 valence electrons. The maximum absolute atomic E-state index is 12.6. The first-order chi connectivity index (χ1) is 14.9. The van der Waals surface area contributed by atoms with E-state index in [-0.39, 0.29) is 5.91 Å². The molecule has 3 aromatic rings. The SMILES string of the molecule is CCc1cc(Cl)c(C)cc1NC(=O)/C=C/c1cccnc1Nc1cc(C)cc(OC)c1. The number of hydrogen-bond donors (Lipinski definition) is 2. The number of rotatable bonds is 7. The summed E-state index contributed by atoms with van der Waals surface area (Å²) in [4.78, 5) is 17.0. The summed E-state index contributed by atoms with van der Waals surface area (Å²) >= 11 is 6.21. The molecule has 1 amide bonds. The van der Waals surface area contributed by atoms with Gasteiger partial charge in [0.2, 0.25) is 5.91 Å². The molecule has 0 saturated heterocycles. The number of pyridine rings is 1. The Morgan fingerprint density at radius 3 is 2.74 bits per heavy atom. The minimum absolute atomic E-state index is 0.219. The molecular weight excluding hydrogens is 410 g/mol. The van der Waals surface area contributed by atoms with Crippen LogP contribution in [-0.4, -0.2) is 18.0 Å². The van der Waals surface area contributed by atoms with Crippen molar-refractivity contribution in [3.05, 3.63) is 82.0 Å². The molecule has 5 nitrogen and oxygen atoms in total. The zero-order valence-electron chi connectivity index (χ0n) is 18.1. The standard InChI is InChI=1S/C25H26ClN3O2/c1-5-18-14-22(26)17(3)13-23(18)29-24(30)9-8-19-7-6-10-27-25(19)28-20-11-16(2)12-21(15-20)31-4/h6-15H,5H2,1-4H3,(H,27,28)(H,29,30)/b9-8+. The van der Waals surface area contributed by atoms with Gasteiger partial charge in [0, 0.05) is 40.3 Å². The van der Waals surface area contributed by atoms with Crippen molar-refractivity contribution < 1.29 is 9.53 Å². The molecule has 0 spiro atoms. The molecule has 0 aliphatic rings. The average molecular weight is 436 g/mol. The number of ether oxygens (including phenoxy) is 1. The molecule has 31 heavy (non-hydrogen) atoms. The van der Waals surface area contributed by atoms with E-state index in [9.17, 15) is 4.79 Å². The second kappa shape index (κ2) is 10.1. The fourth-order valence-electron chi connectivity index (χ4n) is 3.20. The third kappa shape index (κ3) is 5.86. The maximum atomic E-state index is 12.6. The lowest BCUT2D eigenvalue weighted by Gasteiger charge is -2.12. The molecule has 2 N–H and O–H groups in total. The van der Waals surface area contributed by atoms with E-state index < -0.39 is 0 Å². The predicted octanol–water partition coefficient (Wildman–Crippen LogP) is 6.32. The molecule has 0 aliphatic heterocycles. The Hall–Kier alpha value is -3.31. The number of amides is 1. The van der Waals surface area contributed by atoms with Gasteiger partial charge in [0.05, 0.1) is 7.11 Å². The van der Waals surface area contributed by atoms with Crippen LogP contribution in [0.4, 0.5) is 17.2 Å². The summed E-state index contributed by atoms with van der Waals surface area (Å²) in [5.74, 6) is 1.19. The number of nitrogens with zero attached hydrogens (tertiary/aromatic N) is 1. The fourth-order valence-corrected chi connectivity index (χ4v) is 3.39. The molecule has 0 fully saturated rings. The van der Waals surface area contributed by atoms with Gasteiger partial charge in [-0.1, -0.05) is 18.5 Å². The fraction of sp³-hybridized carbons (Fsp3) is 0.200. The van der Waals surface area contributed by atoms with Gasteiger partial charge < -0.3 is 15.4 Å². The minimum Gasteiger partial charge on any atom is -0.497 e. The molecule has 6 heteroatoms. The Morgan fingerprint density at radius 2 is 2.00 bits per heavy atom. The topological polar surface area (TPSA) is 63.2 Å². The van der Waals surface area contributed by atoms with Gasteiger partial charge in [-0.3, -0.25) is 4.79 Å². The minimum atomic E-state index is -0.219. The lowest BCUT2D eigenvalue weighted by atomic mass is 10.1. The van der Waals surface area contributed by atoms with Crippen molar-refractivity contribution in [1.82, 2.24) is 4.98 Å². The number of hydrogen-bond acceptors (Lipinski definition) is 4. The van der Waals surface area contributed by atoms with Crippen LogP contribution in [-0.2, 0) is 11.2 Å². The molecule has 0 atom stereocenters. The number of carbonyl (C=O) groups is 1. The van der Waals surface area contributed by atoms with Gasteiger partial charge in [-0.2, -0.15) is 0 Å². The zero-order chi connectivity index (χ0) is 22.4. The number of anilines is 3. The number of carbonyl (C=O) groups excluding carboxylic acids is 1. The van der Waals surface area contributed by atoms with Gasteiger partial charge in [0.15, 0.2) is 0 Å². The first-order valence-corrected chi connectivity index (χ1v) is 10.4. The van der Waals surface area contributed by atoms with Crippen molar-refractivity contribution in [2.75, 3.05) is 17.7 Å². The van der Waals surface area contributed by atoms with Crippen LogP contribution in [0.3, 0.4) is 0 Å². The molecule has 0 saturated carbocycles. The zero-order valence-corrected chi connectivity index (χ0v) is 18.9. The normalized spacial score (nSPS) is 10.9. The Kier molecular flexibility index (Phi) is 7.32. The smallest absolute Gasteiger partial charge is 0.248 e. The molecule has 0 unspecified atom stereocenters. The van der Waals surface area contributed by atoms with Crippen molar-refractivity contribution in [2.45, 2.75) is 27.2 Å². The van der Waals surface area contributed by atoms with Crippen molar-refractivity contribution >= 4 is 40.8 Å². The van der Waals surface area contributed by atoms with Crippen LogP contribution in [0.2, 0.25) is 5.02 Å². The van der Waals surface area contributed by atoms with Crippen LogP contribution < -0.4 is 15.4 Å². The molecule has 1 heterocycles. The summed E-state index contributed by atoms with van der Waals surface area (Å²) in [6.45, 7) is 5.95. The Labute approximate surface area is 188 Å². The number of methoxy groups -OCH3 is 1. The molecule has 2 aromatic carbocycles. The van der Waals surface area contributed by atoms with Gasteiger partial charge in [-0.25, -0.2) is 4.98 Å². The van der Waals surface area contributed by atoms with Gasteiger partial charge in [0.25, 0.3) is 0 Å². The summed E-state index contributed by atoms with van der Waals surface area (Å²) < 4.78 is 5.34. The average Bonchev–Trinajstić information content (AvgIpc) is 2.75. The molecule has 0 bridgehead atoms. The summed E-state index contributed by atoms with van der Waals surface area (Å²) in [6.07, 6.45) is 5.72. The maximum Gasteiger partial charge on any atom is 0.248 e. The highest BCUT2D eigenvalue weighted by molar-refractivity contribution is 6.31. The Balaban J connectivity index is 1.78. The number of nitrogens with one attached hydrogen (secondary N) is 2. The van der Waals surface area contributed by atoms with Crippen molar-refractivity contribution in [1.29, 1.82) is 0 Å². The van der Waals surface area contributed by atoms with Crippen LogP contribution in [0, 0.1) is 13.8 Å². The molecule has 0 aliphatic carbocycles. The van der Waals surface area contributed by atoms with E-state index >= 15 is 0 Å². The largest absolute Gasteiger partial charge is 0.497 e. The first-order valence-electron chi connectivity index (χ1n) is 10.1. The molecular formula is C25H26ClN3O2. The number of aryl methyl sites for hydroxylation is 3. The predicted molar refractivity (Wildman–Crippen MR) is 128 cm³/mol. The third-order valence-corrected chi connectivity index (χ3v) is 5.23. The van der Waals surface area contributed by atoms with Crippen molar-refractivity contribution in [3.8, 4) is 5.75 Å². The summed E-state index contributed by atoms with van der Waals surface area (Å²) in [7, 11) is 1.64. The van der Waals surface area contributed by atoms with E-state index in [1.807, 2.05) is 63.2 Å². The number of halogens is 1. The van der Waals surface area contributed by atoms with Gasteiger partial charge >= 0.3 is 0 Å². The number of aromatic nitrogens is 1. The van der Waals surface area contributed by atoms with Gasteiger partial charge in [0.1, 0.15) is 11.6 Å². The van der Waals surface area contributed by atoms with E-state index in [0.717, 1.165) is 45.8 Å². The molecule has 1 aromatic heterocycles. The van der Waals surface area contributed by atoms with Crippen LogP contribution >= 0.6 is 11.6 Å². The van der Waals surface area contributed by atoms with Crippen LogP contribution in [0.1, 0.15) is 29.2 Å². The Morgan fingerprint density at radius 1 is 1.19 bits per heavy atom. The lowest BCUT2D eigenvalue weighted by molar-refractivity contribution is -0.111. The van der Waals surface area contributed by atoms with E-state index in [2.05, 4.69) is 15.6 Å². The highest BCUT2D eigenvalue weighted by atomic mass is 35.5. The van der Waals surface area contributed by atoms with Crippen LogP contribution in [0.5, 0.6) is 5.75 Å². The second-order valence-electron chi connectivity index (χ2n) is 7.24. The molecule has 0 radical (unpaired) electrons. The highest BCUT2D eigenvalue weighted by Gasteiger charge is 2.08. The first kappa shape index (κ1) is 22.4. The third-order valence-electron chi connectivity index (χ3n) is 4.83. The molecule has 3 rings (SSSR count). The lowest BCUT2D eigenvalue weighted by Crippen LogP contribution is -2.10.